The Labute approximate surface area is 166 Å². The Morgan fingerprint density at radius 3 is 2.93 bits per heavy atom. The minimum Gasteiger partial charge on any atom is -0.496 e. The SMILES string of the molecule is COc1ccccc1CN1CC(c2noc(-c3n[nH]c4ccccc34)n2)CC1=O. The molecule has 0 spiro atoms. The summed E-state index contributed by atoms with van der Waals surface area (Å²) in [6, 6.07) is 15.5. The first-order chi connectivity index (χ1) is 14.2. The van der Waals surface area contributed by atoms with Crippen molar-refractivity contribution < 1.29 is 14.1 Å². The van der Waals surface area contributed by atoms with Gasteiger partial charge in [-0.3, -0.25) is 9.89 Å². The lowest BCUT2D eigenvalue weighted by Gasteiger charge is -2.17. The van der Waals surface area contributed by atoms with E-state index in [4.69, 9.17) is 9.26 Å². The lowest BCUT2D eigenvalue weighted by molar-refractivity contribution is -0.128. The highest BCUT2D eigenvalue weighted by molar-refractivity contribution is 5.90. The quantitative estimate of drug-likeness (QED) is 0.563. The van der Waals surface area contributed by atoms with Crippen LogP contribution in [0.2, 0.25) is 0 Å². The second kappa shape index (κ2) is 7.05. The molecule has 1 unspecified atom stereocenters. The fourth-order valence-electron chi connectivity index (χ4n) is 3.76. The third-order valence-electron chi connectivity index (χ3n) is 5.25. The highest BCUT2D eigenvalue weighted by Gasteiger charge is 2.34. The van der Waals surface area contributed by atoms with Gasteiger partial charge in [-0.2, -0.15) is 10.1 Å². The summed E-state index contributed by atoms with van der Waals surface area (Å²) in [7, 11) is 1.63. The number of benzene rings is 2. The molecule has 0 bridgehead atoms. The molecule has 2 aromatic heterocycles. The molecule has 3 heterocycles. The summed E-state index contributed by atoms with van der Waals surface area (Å²) in [5.74, 6) is 1.62. The number of hydrogen-bond acceptors (Lipinski definition) is 6. The van der Waals surface area contributed by atoms with Gasteiger partial charge >= 0.3 is 0 Å². The minimum atomic E-state index is -0.111. The third kappa shape index (κ3) is 3.12. The number of carbonyl (C=O) groups is 1. The van der Waals surface area contributed by atoms with Crippen molar-refractivity contribution in [1.29, 1.82) is 0 Å². The maximum atomic E-state index is 12.6. The van der Waals surface area contributed by atoms with Crippen molar-refractivity contribution in [3.8, 4) is 17.3 Å². The number of methoxy groups -OCH3 is 1. The first-order valence-electron chi connectivity index (χ1n) is 9.39. The number of amides is 1. The standard InChI is InChI=1S/C21H19N5O3/c1-28-17-9-5-2-6-13(17)11-26-12-14(10-18(26)27)20-22-21(29-25-20)19-15-7-3-4-8-16(15)23-24-19/h2-9,14H,10-12H2,1H3,(H,23,24). The molecule has 1 atom stereocenters. The van der Waals surface area contributed by atoms with Gasteiger partial charge < -0.3 is 14.2 Å². The number of aromatic nitrogens is 4. The number of aromatic amines is 1. The van der Waals surface area contributed by atoms with Crippen LogP contribution in [-0.4, -0.2) is 44.8 Å². The minimum absolute atomic E-state index is 0.0671. The van der Waals surface area contributed by atoms with Crippen molar-refractivity contribution >= 4 is 16.8 Å². The summed E-state index contributed by atoms with van der Waals surface area (Å²) in [5.41, 5.74) is 2.50. The Morgan fingerprint density at radius 1 is 1.21 bits per heavy atom. The number of nitrogens with zero attached hydrogens (tertiary/aromatic N) is 4. The highest BCUT2D eigenvalue weighted by atomic mass is 16.5. The molecule has 1 fully saturated rings. The third-order valence-corrected chi connectivity index (χ3v) is 5.25. The summed E-state index contributed by atoms with van der Waals surface area (Å²) >= 11 is 0. The lowest BCUT2D eigenvalue weighted by Crippen LogP contribution is -2.24. The van der Waals surface area contributed by atoms with Crippen molar-refractivity contribution in [2.45, 2.75) is 18.9 Å². The lowest BCUT2D eigenvalue weighted by atomic mass is 10.1. The van der Waals surface area contributed by atoms with Gasteiger partial charge in [-0.05, 0) is 12.1 Å². The molecule has 1 N–H and O–H groups in total. The average Bonchev–Trinajstić information content (AvgIpc) is 3.47. The number of H-pyrrole nitrogens is 1. The molecule has 0 radical (unpaired) electrons. The molecule has 1 amide bonds. The van der Waals surface area contributed by atoms with Crippen LogP contribution in [0, 0.1) is 0 Å². The molecular weight excluding hydrogens is 370 g/mol. The Hall–Kier alpha value is -3.68. The zero-order chi connectivity index (χ0) is 19.8. The molecule has 1 aliphatic rings. The monoisotopic (exact) mass is 389 g/mol. The Kier molecular flexibility index (Phi) is 4.23. The van der Waals surface area contributed by atoms with Crippen LogP contribution in [0.4, 0.5) is 0 Å². The van der Waals surface area contributed by atoms with Gasteiger partial charge in [-0.25, -0.2) is 0 Å². The first kappa shape index (κ1) is 17.4. The van der Waals surface area contributed by atoms with Crippen LogP contribution in [0.3, 0.4) is 0 Å². The second-order valence-electron chi connectivity index (χ2n) is 7.06. The van der Waals surface area contributed by atoms with Gasteiger partial charge in [0.1, 0.15) is 5.75 Å². The molecule has 1 aliphatic heterocycles. The van der Waals surface area contributed by atoms with Crippen molar-refractivity contribution in [2.75, 3.05) is 13.7 Å². The topological polar surface area (TPSA) is 97.1 Å². The van der Waals surface area contributed by atoms with E-state index in [1.165, 1.54) is 0 Å². The molecule has 8 heteroatoms. The Bertz CT molecular complexity index is 1180. The van der Waals surface area contributed by atoms with Crippen molar-refractivity contribution in [1.82, 2.24) is 25.2 Å². The summed E-state index contributed by atoms with van der Waals surface area (Å²) in [6.07, 6.45) is 0.357. The molecule has 2 aromatic carbocycles. The van der Waals surface area contributed by atoms with E-state index in [0.29, 0.717) is 36.9 Å². The zero-order valence-corrected chi connectivity index (χ0v) is 15.8. The molecule has 1 saturated heterocycles. The van der Waals surface area contributed by atoms with E-state index < -0.39 is 0 Å². The van der Waals surface area contributed by atoms with E-state index in [-0.39, 0.29) is 11.8 Å². The molecule has 0 aliphatic carbocycles. The normalized spacial score (nSPS) is 16.7. The molecule has 4 aromatic rings. The Balaban J connectivity index is 1.36. The summed E-state index contributed by atoms with van der Waals surface area (Å²) < 4.78 is 10.9. The molecule has 5 rings (SSSR count). The highest BCUT2D eigenvalue weighted by Crippen LogP contribution is 2.31. The van der Waals surface area contributed by atoms with Crippen LogP contribution in [0.15, 0.2) is 53.1 Å². The van der Waals surface area contributed by atoms with Crippen LogP contribution < -0.4 is 4.74 Å². The van der Waals surface area contributed by atoms with Gasteiger partial charge in [0.2, 0.25) is 5.91 Å². The smallest absolute Gasteiger partial charge is 0.279 e. The van der Waals surface area contributed by atoms with Crippen molar-refractivity contribution in [3.63, 3.8) is 0 Å². The van der Waals surface area contributed by atoms with E-state index in [1.807, 2.05) is 53.4 Å². The predicted octanol–water partition coefficient (Wildman–Crippen LogP) is 3.14. The van der Waals surface area contributed by atoms with Gasteiger partial charge in [-0.15, -0.1) is 0 Å². The maximum absolute atomic E-state index is 12.6. The molecule has 29 heavy (non-hydrogen) atoms. The number of para-hydroxylation sites is 2. The number of hydrogen-bond donors (Lipinski definition) is 1. The first-order valence-corrected chi connectivity index (χ1v) is 9.39. The summed E-state index contributed by atoms with van der Waals surface area (Å²) in [4.78, 5) is 18.9. The average molecular weight is 389 g/mol. The fraction of sp³-hybridized carbons (Fsp3) is 0.238. The van der Waals surface area contributed by atoms with Gasteiger partial charge in [0.25, 0.3) is 5.89 Å². The van der Waals surface area contributed by atoms with E-state index in [2.05, 4.69) is 20.3 Å². The Morgan fingerprint density at radius 2 is 2.03 bits per heavy atom. The number of rotatable bonds is 5. The predicted molar refractivity (Wildman–Crippen MR) is 105 cm³/mol. The maximum Gasteiger partial charge on any atom is 0.279 e. The van der Waals surface area contributed by atoms with Crippen LogP contribution in [0.1, 0.15) is 23.7 Å². The van der Waals surface area contributed by atoms with Crippen LogP contribution in [-0.2, 0) is 11.3 Å². The number of fused-ring (bicyclic) bond motifs is 1. The van der Waals surface area contributed by atoms with Crippen LogP contribution in [0.5, 0.6) is 5.75 Å². The van der Waals surface area contributed by atoms with E-state index in [1.54, 1.807) is 7.11 Å². The van der Waals surface area contributed by atoms with Crippen LogP contribution in [0.25, 0.3) is 22.5 Å². The molecule has 0 saturated carbocycles. The molecule has 8 nitrogen and oxygen atoms in total. The van der Waals surface area contributed by atoms with Gasteiger partial charge in [0, 0.05) is 36.4 Å². The van der Waals surface area contributed by atoms with Gasteiger partial charge in [-0.1, -0.05) is 41.6 Å². The number of likely N-dealkylation sites (tertiary alicyclic amines) is 1. The van der Waals surface area contributed by atoms with Gasteiger partial charge in [0.05, 0.1) is 12.6 Å². The van der Waals surface area contributed by atoms with E-state index in [9.17, 15) is 4.79 Å². The number of carbonyl (C=O) groups excluding carboxylic acids is 1. The summed E-state index contributed by atoms with van der Waals surface area (Å²) in [5, 5.41) is 12.3. The number of nitrogens with one attached hydrogen (secondary N) is 1. The fourth-order valence-corrected chi connectivity index (χ4v) is 3.76. The van der Waals surface area contributed by atoms with Crippen molar-refractivity contribution in [2.24, 2.45) is 0 Å². The van der Waals surface area contributed by atoms with E-state index >= 15 is 0 Å². The van der Waals surface area contributed by atoms with Crippen LogP contribution >= 0.6 is 0 Å². The molecule has 146 valence electrons. The van der Waals surface area contributed by atoms with E-state index in [0.717, 1.165) is 22.2 Å². The number of ether oxygens (including phenoxy) is 1. The largest absolute Gasteiger partial charge is 0.496 e. The molecular formula is C21H19N5O3. The second-order valence-corrected chi connectivity index (χ2v) is 7.06. The van der Waals surface area contributed by atoms with Gasteiger partial charge in [0.15, 0.2) is 11.5 Å². The summed E-state index contributed by atoms with van der Waals surface area (Å²) in [6.45, 7) is 1.03. The van der Waals surface area contributed by atoms with Crippen molar-refractivity contribution in [3.05, 3.63) is 59.9 Å². The zero-order valence-electron chi connectivity index (χ0n) is 15.8.